The third kappa shape index (κ3) is 4.30. The summed E-state index contributed by atoms with van der Waals surface area (Å²) in [7, 11) is 0. The predicted octanol–water partition coefficient (Wildman–Crippen LogP) is 1.76. The van der Waals surface area contributed by atoms with Crippen molar-refractivity contribution in [2.45, 2.75) is 6.92 Å². The Kier molecular flexibility index (Phi) is 5.68. The van der Waals surface area contributed by atoms with Crippen molar-refractivity contribution in [3.8, 4) is 5.69 Å². The number of hydrogen-bond donors (Lipinski definition) is 1. The minimum Gasteiger partial charge on any atom is -0.338 e. The molecule has 1 saturated heterocycles. The second kappa shape index (κ2) is 8.33. The van der Waals surface area contributed by atoms with Crippen molar-refractivity contribution in [2.75, 3.05) is 32.7 Å². The molecule has 2 aromatic rings. The fourth-order valence-electron chi connectivity index (χ4n) is 2.81. The van der Waals surface area contributed by atoms with Crippen LogP contribution in [0.25, 0.3) is 11.8 Å². The molecule has 136 valence electrons. The van der Waals surface area contributed by atoms with E-state index in [1.807, 2.05) is 43.5 Å². The lowest BCUT2D eigenvalue weighted by Crippen LogP contribution is -2.52. The minimum absolute atomic E-state index is 0.0481. The van der Waals surface area contributed by atoms with Crippen LogP contribution in [0.2, 0.25) is 0 Å². The van der Waals surface area contributed by atoms with Crippen LogP contribution in [-0.4, -0.2) is 64.2 Å². The maximum absolute atomic E-state index is 12.3. The minimum atomic E-state index is -0.0662. The number of rotatable bonds is 4. The standard InChI is InChI=1S/C19H23N5O2/c1-2-20-19(26)23-12-10-22(11-13-23)18(25)9-8-16-14-21-24(15-16)17-6-4-3-5-7-17/h3-9,14-15H,2,10-13H2,1H3,(H,20,26)/b9-8+. The SMILES string of the molecule is CCNC(=O)N1CCN(C(=O)/C=C/c2cnn(-c3ccccc3)c2)CC1. The first kappa shape index (κ1) is 17.7. The van der Waals surface area contributed by atoms with Crippen molar-refractivity contribution in [3.05, 3.63) is 54.4 Å². The Bertz CT molecular complexity index is 776. The maximum Gasteiger partial charge on any atom is 0.317 e. The number of carbonyl (C=O) groups excluding carboxylic acids is 2. The predicted molar refractivity (Wildman–Crippen MR) is 99.8 cm³/mol. The molecule has 0 spiro atoms. The van der Waals surface area contributed by atoms with Crippen LogP contribution in [-0.2, 0) is 4.79 Å². The topological polar surface area (TPSA) is 70.5 Å². The summed E-state index contributed by atoms with van der Waals surface area (Å²) in [4.78, 5) is 27.6. The molecule has 1 aliphatic heterocycles. The molecule has 0 radical (unpaired) electrons. The fourth-order valence-corrected chi connectivity index (χ4v) is 2.81. The normalized spacial score (nSPS) is 14.7. The van der Waals surface area contributed by atoms with E-state index in [1.54, 1.807) is 32.8 Å². The van der Waals surface area contributed by atoms with E-state index in [0.29, 0.717) is 32.7 Å². The van der Waals surface area contributed by atoms with Crippen molar-refractivity contribution in [3.63, 3.8) is 0 Å². The smallest absolute Gasteiger partial charge is 0.317 e. The van der Waals surface area contributed by atoms with E-state index in [2.05, 4.69) is 10.4 Å². The van der Waals surface area contributed by atoms with Gasteiger partial charge in [0.25, 0.3) is 0 Å². The van der Waals surface area contributed by atoms with Crippen molar-refractivity contribution in [1.82, 2.24) is 24.9 Å². The van der Waals surface area contributed by atoms with Gasteiger partial charge in [-0.3, -0.25) is 4.79 Å². The Morgan fingerprint density at radius 3 is 2.50 bits per heavy atom. The van der Waals surface area contributed by atoms with Crippen LogP contribution >= 0.6 is 0 Å². The number of aromatic nitrogens is 2. The molecule has 0 bridgehead atoms. The Labute approximate surface area is 152 Å². The van der Waals surface area contributed by atoms with Gasteiger partial charge in [-0.2, -0.15) is 5.10 Å². The van der Waals surface area contributed by atoms with Crippen LogP contribution < -0.4 is 5.32 Å². The highest BCUT2D eigenvalue weighted by Gasteiger charge is 2.22. The van der Waals surface area contributed by atoms with Crippen molar-refractivity contribution < 1.29 is 9.59 Å². The molecule has 1 N–H and O–H groups in total. The number of amides is 3. The Balaban J connectivity index is 1.54. The first-order valence-corrected chi connectivity index (χ1v) is 8.77. The van der Waals surface area contributed by atoms with E-state index >= 15 is 0 Å². The number of hydrogen-bond acceptors (Lipinski definition) is 3. The zero-order chi connectivity index (χ0) is 18.4. The van der Waals surface area contributed by atoms with Gasteiger partial charge >= 0.3 is 6.03 Å². The molecule has 26 heavy (non-hydrogen) atoms. The van der Waals surface area contributed by atoms with Crippen LogP contribution in [0, 0.1) is 0 Å². The van der Waals surface area contributed by atoms with E-state index in [-0.39, 0.29) is 11.9 Å². The highest BCUT2D eigenvalue weighted by molar-refractivity contribution is 5.92. The van der Waals surface area contributed by atoms with Gasteiger partial charge < -0.3 is 15.1 Å². The molecule has 0 atom stereocenters. The number of para-hydroxylation sites is 1. The average molecular weight is 353 g/mol. The zero-order valence-corrected chi connectivity index (χ0v) is 14.8. The quantitative estimate of drug-likeness (QED) is 0.852. The molecular formula is C19H23N5O2. The molecule has 7 heteroatoms. The second-order valence-electron chi connectivity index (χ2n) is 6.03. The summed E-state index contributed by atoms with van der Waals surface area (Å²) in [5.41, 5.74) is 1.84. The number of nitrogens with zero attached hydrogens (tertiary/aromatic N) is 4. The zero-order valence-electron chi connectivity index (χ0n) is 14.8. The lowest BCUT2D eigenvalue weighted by molar-refractivity contribution is -0.127. The number of piperazine rings is 1. The molecule has 3 rings (SSSR count). The molecule has 0 saturated carbocycles. The third-order valence-corrected chi connectivity index (χ3v) is 4.25. The molecule has 3 amide bonds. The van der Waals surface area contributed by atoms with Crippen LogP contribution in [0.5, 0.6) is 0 Å². The number of urea groups is 1. The molecule has 2 heterocycles. The van der Waals surface area contributed by atoms with Crippen LogP contribution in [0.1, 0.15) is 12.5 Å². The molecule has 1 aliphatic rings. The van der Waals surface area contributed by atoms with Gasteiger partial charge in [-0.25, -0.2) is 9.48 Å². The van der Waals surface area contributed by atoms with Gasteiger partial charge in [0.1, 0.15) is 0 Å². The van der Waals surface area contributed by atoms with Gasteiger partial charge in [0, 0.05) is 50.6 Å². The molecular weight excluding hydrogens is 330 g/mol. The van der Waals surface area contributed by atoms with Gasteiger partial charge in [0.15, 0.2) is 0 Å². The third-order valence-electron chi connectivity index (χ3n) is 4.25. The number of nitrogens with one attached hydrogen (secondary N) is 1. The van der Waals surface area contributed by atoms with E-state index in [4.69, 9.17) is 0 Å². The van der Waals surface area contributed by atoms with E-state index in [1.165, 1.54) is 0 Å². The summed E-state index contributed by atoms with van der Waals surface area (Å²) in [5, 5.41) is 7.10. The van der Waals surface area contributed by atoms with E-state index in [9.17, 15) is 9.59 Å². The highest BCUT2D eigenvalue weighted by Crippen LogP contribution is 2.09. The molecule has 7 nitrogen and oxygen atoms in total. The van der Waals surface area contributed by atoms with Crippen molar-refractivity contribution in [2.24, 2.45) is 0 Å². The fraction of sp³-hybridized carbons (Fsp3) is 0.316. The molecule has 0 aliphatic carbocycles. The first-order chi connectivity index (χ1) is 12.7. The highest BCUT2D eigenvalue weighted by atomic mass is 16.2. The lowest BCUT2D eigenvalue weighted by atomic mass is 10.2. The molecule has 1 aromatic carbocycles. The molecule has 0 unspecified atom stereocenters. The summed E-state index contributed by atoms with van der Waals surface area (Å²) in [6.45, 7) is 4.70. The lowest BCUT2D eigenvalue weighted by Gasteiger charge is -2.34. The van der Waals surface area contributed by atoms with Crippen molar-refractivity contribution in [1.29, 1.82) is 0 Å². The van der Waals surface area contributed by atoms with E-state index < -0.39 is 0 Å². The number of benzene rings is 1. The Hall–Kier alpha value is -3.09. The van der Waals surface area contributed by atoms with Gasteiger partial charge in [-0.1, -0.05) is 18.2 Å². The molecule has 1 aromatic heterocycles. The summed E-state index contributed by atoms with van der Waals surface area (Å²) in [6, 6.07) is 9.74. The Morgan fingerprint density at radius 2 is 1.81 bits per heavy atom. The van der Waals surface area contributed by atoms with Crippen molar-refractivity contribution >= 4 is 18.0 Å². The second-order valence-corrected chi connectivity index (χ2v) is 6.03. The summed E-state index contributed by atoms with van der Waals surface area (Å²) in [5.74, 6) is -0.0481. The number of carbonyl (C=O) groups is 2. The van der Waals surface area contributed by atoms with Crippen LogP contribution in [0.15, 0.2) is 48.8 Å². The summed E-state index contributed by atoms with van der Waals surface area (Å²) in [6.07, 6.45) is 6.94. The van der Waals surface area contributed by atoms with Gasteiger partial charge in [0.05, 0.1) is 11.9 Å². The first-order valence-electron chi connectivity index (χ1n) is 8.77. The summed E-state index contributed by atoms with van der Waals surface area (Å²) >= 11 is 0. The largest absolute Gasteiger partial charge is 0.338 e. The molecule has 1 fully saturated rings. The average Bonchev–Trinajstić information content (AvgIpc) is 3.16. The van der Waals surface area contributed by atoms with Gasteiger partial charge in [-0.15, -0.1) is 0 Å². The Morgan fingerprint density at radius 1 is 1.12 bits per heavy atom. The van der Waals surface area contributed by atoms with E-state index in [0.717, 1.165) is 11.3 Å². The summed E-state index contributed by atoms with van der Waals surface area (Å²) < 4.78 is 1.77. The van der Waals surface area contributed by atoms with Crippen LogP contribution in [0.4, 0.5) is 4.79 Å². The van der Waals surface area contributed by atoms with Gasteiger partial charge in [0.2, 0.25) is 5.91 Å². The monoisotopic (exact) mass is 353 g/mol. The van der Waals surface area contributed by atoms with Crippen LogP contribution in [0.3, 0.4) is 0 Å². The maximum atomic E-state index is 12.3. The van der Waals surface area contributed by atoms with Gasteiger partial charge in [-0.05, 0) is 25.1 Å².